The molecule has 3 nitrogen and oxygen atoms in total. The van der Waals surface area contributed by atoms with Crippen LogP contribution in [0.25, 0.3) is 5.69 Å². The second-order valence-electron chi connectivity index (χ2n) is 3.06. The van der Waals surface area contributed by atoms with Crippen molar-refractivity contribution in [1.82, 2.24) is 9.55 Å². The lowest BCUT2D eigenvalue weighted by Gasteiger charge is -1.98. The first-order valence-electron chi connectivity index (χ1n) is 4.38. The van der Waals surface area contributed by atoms with Gasteiger partial charge < -0.3 is 4.57 Å². The van der Waals surface area contributed by atoms with E-state index in [0.717, 1.165) is 5.69 Å². The van der Waals surface area contributed by atoms with Crippen molar-refractivity contribution >= 4 is 5.78 Å². The van der Waals surface area contributed by atoms with Crippen molar-refractivity contribution in [2.75, 3.05) is 0 Å². The van der Waals surface area contributed by atoms with Crippen molar-refractivity contribution in [2.24, 2.45) is 0 Å². The molecule has 3 heteroatoms. The number of benzene rings is 1. The van der Waals surface area contributed by atoms with E-state index in [1.807, 2.05) is 34.9 Å². The Balaban J connectivity index is 2.39. The Kier molecular flexibility index (Phi) is 2.14. The van der Waals surface area contributed by atoms with Crippen molar-refractivity contribution < 1.29 is 4.79 Å². The monoisotopic (exact) mass is 186 g/mol. The van der Waals surface area contributed by atoms with Crippen molar-refractivity contribution in [1.29, 1.82) is 0 Å². The molecule has 0 saturated carbocycles. The maximum Gasteiger partial charge on any atom is 0.179 e. The number of ketones is 1. The van der Waals surface area contributed by atoms with Crippen LogP contribution in [-0.4, -0.2) is 15.3 Å². The highest BCUT2D eigenvalue weighted by Crippen LogP contribution is 2.07. The summed E-state index contributed by atoms with van der Waals surface area (Å²) >= 11 is 0. The maximum absolute atomic E-state index is 11.0. The number of nitrogens with zero attached hydrogens (tertiary/aromatic N) is 2. The number of hydrogen-bond acceptors (Lipinski definition) is 2. The van der Waals surface area contributed by atoms with Crippen molar-refractivity contribution in [3.8, 4) is 5.69 Å². The number of imidazole rings is 1. The summed E-state index contributed by atoms with van der Waals surface area (Å²) in [6.07, 6.45) is 3.38. The molecule has 0 saturated heterocycles. The normalized spacial score (nSPS) is 10.1. The average Bonchev–Trinajstić information content (AvgIpc) is 2.68. The van der Waals surface area contributed by atoms with Crippen LogP contribution in [0.1, 0.15) is 17.4 Å². The molecule has 1 aromatic carbocycles. The van der Waals surface area contributed by atoms with Gasteiger partial charge in [-0.15, -0.1) is 0 Å². The smallest absolute Gasteiger partial charge is 0.179 e. The number of Topliss-reactive ketones (excluding diaryl/α,β-unsaturated/α-hetero) is 1. The van der Waals surface area contributed by atoms with E-state index in [-0.39, 0.29) is 5.78 Å². The number of carbonyl (C=O) groups excluding carboxylic acids is 1. The zero-order valence-corrected chi connectivity index (χ0v) is 7.84. The van der Waals surface area contributed by atoms with Gasteiger partial charge in [-0.05, 0) is 12.1 Å². The van der Waals surface area contributed by atoms with E-state index in [2.05, 4.69) is 4.98 Å². The fourth-order valence-electron chi connectivity index (χ4n) is 1.25. The number of carbonyl (C=O) groups is 1. The third-order valence-electron chi connectivity index (χ3n) is 2.00. The first-order valence-corrected chi connectivity index (χ1v) is 4.38. The quantitative estimate of drug-likeness (QED) is 0.673. The molecule has 0 aliphatic rings. The van der Waals surface area contributed by atoms with Crippen molar-refractivity contribution in [2.45, 2.75) is 6.92 Å². The molecule has 0 aliphatic carbocycles. The van der Waals surface area contributed by atoms with E-state index in [4.69, 9.17) is 0 Å². The summed E-state index contributed by atoms with van der Waals surface area (Å²) in [5.74, 6) is -0.0142. The van der Waals surface area contributed by atoms with E-state index >= 15 is 0 Å². The molecule has 0 N–H and O–H groups in total. The zero-order chi connectivity index (χ0) is 9.97. The molecule has 0 fully saturated rings. The molecule has 0 aliphatic heterocycles. The number of aromatic nitrogens is 2. The summed E-state index contributed by atoms with van der Waals surface area (Å²) in [5, 5.41) is 0. The van der Waals surface area contributed by atoms with Crippen LogP contribution in [0, 0.1) is 0 Å². The minimum atomic E-state index is -0.0142. The molecule has 0 unspecified atom stereocenters. The lowest BCUT2D eigenvalue weighted by Crippen LogP contribution is -1.91. The standard InChI is InChI=1S/C11H10N2O/c1-9(14)11-7-13(8-12-11)10-5-3-2-4-6-10/h2-8H,1H3. The van der Waals surface area contributed by atoms with Gasteiger partial charge in [0.05, 0.1) is 0 Å². The van der Waals surface area contributed by atoms with E-state index in [1.165, 1.54) is 6.92 Å². The highest BCUT2D eigenvalue weighted by atomic mass is 16.1. The van der Waals surface area contributed by atoms with E-state index in [1.54, 1.807) is 12.5 Å². The lowest BCUT2D eigenvalue weighted by atomic mass is 10.3. The summed E-state index contributed by atoms with van der Waals surface area (Å²) < 4.78 is 1.83. The van der Waals surface area contributed by atoms with Gasteiger partial charge in [0.25, 0.3) is 0 Å². The molecule has 2 rings (SSSR count). The predicted octanol–water partition coefficient (Wildman–Crippen LogP) is 2.07. The average molecular weight is 186 g/mol. The summed E-state index contributed by atoms with van der Waals surface area (Å²) in [6, 6.07) is 9.77. The Hall–Kier alpha value is -1.90. The molecule has 1 heterocycles. The fraction of sp³-hybridized carbons (Fsp3) is 0.0909. The Labute approximate surface area is 82.0 Å². The second kappa shape index (κ2) is 3.46. The maximum atomic E-state index is 11.0. The van der Waals surface area contributed by atoms with Gasteiger partial charge in [-0.2, -0.15) is 0 Å². The van der Waals surface area contributed by atoms with Gasteiger partial charge in [0.2, 0.25) is 0 Å². The largest absolute Gasteiger partial charge is 0.306 e. The number of rotatable bonds is 2. The molecule has 0 bridgehead atoms. The summed E-state index contributed by atoms with van der Waals surface area (Å²) in [6.45, 7) is 1.51. The van der Waals surface area contributed by atoms with Crippen LogP contribution in [0.2, 0.25) is 0 Å². The van der Waals surface area contributed by atoms with Gasteiger partial charge in [0, 0.05) is 18.8 Å². The first-order chi connectivity index (χ1) is 6.77. The predicted molar refractivity (Wildman–Crippen MR) is 53.6 cm³/mol. The SMILES string of the molecule is CC(=O)c1cn(-c2ccccc2)cn1. The fourth-order valence-corrected chi connectivity index (χ4v) is 1.25. The van der Waals surface area contributed by atoms with E-state index in [0.29, 0.717) is 5.69 Å². The molecule has 14 heavy (non-hydrogen) atoms. The molecule has 0 amide bonds. The van der Waals surface area contributed by atoms with Crippen LogP contribution in [0.15, 0.2) is 42.9 Å². The minimum absolute atomic E-state index is 0.0142. The van der Waals surface area contributed by atoms with Crippen LogP contribution in [-0.2, 0) is 0 Å². The number of hydrogen-bond donors (Lipinski definition) is 0. The first kappa shape index (κ1) is 8.69. The van der Waals surface area contributed by atoms with Gasteiger partial charge >= 0.3 is 0 Å². The van der Waals surface area contributed by atoms with Gasteiger partial charge in [0.15, 0.2) is 5.78 Å². The van der Waals surface area contributed by atoms with Gasteiger partial charge in [0.1, 0.15) is 12.0 Å². The molecule has 70 valence electrons. The van der Waals surface area contributed by atoms with E-state index < -0.39 is 0 Å². The summed E-state index contributed by atoms with van der Waals surface area (Å²) in [4.78, 5) is 15.0. The molecule has 1 aromatic heterocycles. The third-order valence-corrected chi connectivity index (χ3v) is 2.00. The molecule has 2 aromatic rings. The van der Waals surface area contributed by atoms with Crippen LogP contribution in [0.4, 0.5) is 0 Å². The van der Waals surface area contributed by atoms with Crippen LogP contribution < -0.4 is 0 Å². The van der Waals surface area contributed by atoms with Gasteiger partial charge in [-0.1, -0.05) is 18.2 Å². The van der Waals surface area contributed by atoms with Gasteiger partial charge in [-0.3, -0.25) is 4.79 Å². The third kappa shape index (κ3) is 1.57. The molecule has 0 radical (unpaired) electrons. The van der Waals surface area contributed by atoms with E-state index in [9.17, 15) is 4.79 Å². The molecular weight excluding hydrogens is 176 g/mol. The van der Waals surface area contributed by atoms with Crippen LogP contribution in [0.5, 0.6) is 0 Å². The second-order valence-corrected chi connectivity index (χ2v) is 3.06. The highest BCUT2D eigenvalue weighted by molar-refractivity contribution is 5.91. The summed E-state index contributed by atoms with van der Waals surface area (Å²) in [7, 11) is 0. The Morgan fingerprint density at radius 3 is 2.57 bits per heavy atom. The Morgan fingerprint density at radius 2 is 2.00 bits per heavy atom. The number of para-hydroxylation sites is 1. The Morgan fingerprint density at radius 1 is 1.29 bits per heavy atom. The van der Waals surface area contributed by atoms with Crippen molar-refractivity contribution in [3.63, 3.8) is 0 Å². The summed E-state index contributed by atoms with van der Waals surface area (Å²) in [5.41, 5.74) is 1.50. The lowest BCUT2D eigenvalue weighted by molar-refractivity contribution is 0.101. The Bertz CT molecular complexity index is 445. The van der Waals surface area contributed by atoms with Gasteiger partial charge in [-0.25, -0.2) is 4.98 Å². The molecular formula is C11H10N2O. The molecule has 0 atom stereocenters. The zero-order valence-electron chi connectivity index (χ0n) is 7.84. The van der Waals surface area contributed by atoms with Crippen molar-refractivity contribution in [3.05, 3.63) is 48.5 Å². The van der Waals surface area contributed by atoms with Crippen LogP contribution >= 0.6 is 0 Å². The minimum Gasteiger partial charge on any atom is -0.306 e. The topological polar surface area (TPSA) is 34.9 Å². The molecule has 0 spiro atoms. The van der Waals surface area contributed by atoms with Crippen LogP contribution in [0.3, 0.4) is 0 Å². The highest BCUT2D eigenvalue weighted by Gasteiger charge is 2.03.